The van der Waals surface area contributed by atoms with E-state index in [4.69, 9.17) is 4.74 Å². The Hall–Kier alpha value is -0.880. The summed E-state index contributed by atoms with van der Waals surface area (Å²) in [5.74, 6) is -0.928. The molecule has 0 N–H and O–H groups in total. The van der Waals surface area contributed by atoms with Crippen molar-refractivity contribution in [3.63, 3.8) is 0 Å². The van der Waals surface area contributed by atoms with Crippen molar-refractivity contribution < 1.29 is 17.9 Å². The minimum absolute atomic E-state index is 0.412. The number of hydrogen-bond acceptors (Lipinski definition) is 4. The van der Waals surface area contributed by atoms with Crippen LogP contribution in [0.4, 0.5) is 0 Å². The lowest BCUT2D eigenvalue weighted by Gasteiger charge is -2.24. The minimum Gasteiger partial charge on any atom is -0.469 e. The highest BCUT2D eigenvalue weighted by Gasteiger charge is 2.43. The number of carbonyl (C=O) groups excluding carboxylic acids is 1. The first-order valence-corrected chi connectivity index (χ1v) is 8.09. The van der Waals surface area contributed by atoms with Crippen molar-refractivity contribution in [1.82, 2.24) is 4.31 Å². The van der Waals surface area contributed by atoms with Gasteiger partial charge in [0, 0.05) is 13.6 Å². The Kier molecular flexibility index (Phi) is 6.00. The van der Waals surface area contributed by atoms with Crippen molar-refractivity contribution in [2.24, 2.45) is 5.92 Å². The lowest BCUT2D eigenvalue weighted by Crippen LogP contribution is -2.41. The molecule has 1 aliphatic carbocycles. The maximum atomic E-state index is 12.5. The first-order chi connectivity index (χ1) is 8.95. The number of allylic oxidation sites excluding steroid dienone is 1. The van der Waals surface area contributed by atoms with E-state index in [1.807, 2.05) is 0 Å². The highest BCUT2D eigenvalue weighted by atomic mass is 32.2. The first-order valence-electron chi connectivity index (χ1n) is 6.59. The van der Waals surface area contributed by atoms with Gasteiger partial charge in [-0.2, -0.15) is 0 Å². The fourth-order valence-electron chi connectivity index (χ4n) is 2.52. The summed E-state index contributed by atoms with van der Waals surface area (Å²) in [5, 5.41) is -0.631. The molecule has 0 spiro atoms. The summed E-state index contributed by atoms with van der Waals surface area (Å²) in [5.41, 5.74) is 0. The highest BCUT2D eigenvalue weighted by molar-refractivity contribution is 7.89. The van der Waals surface area contributed by atoms with Crippen LogP contribution in [0.25, 0.3) is 0 Å². The predicted molar refractivity (Wildman–Crippen MR) is 74.1 cm³/mol. The smallest absolute Gasteiger partial charge is 0.310 e. The maximum absolute atomic E-state index is 12.5. The summed E-state index contributed by atoms with van der Waals surface area (Å²) >= 11 is 0. The number of esters is 1. The Morgan fingerprint density at radius 1 is 1.47 bits per heavy atom. The van der Waals surface area contributed by atoms with Crippen LogP contribution in [-0.2, 0) is 19.6 Å². The summed E-state index contributed by atoms with van der Waals surface area (Å²) < 4.78 is 31.0. The SMILES string of the molecule is C=CCCCN(C)S(=O)(=O)C1CCCC1C(=O)OC. The molecule has 5 nitrogen and oxygen atoms in total. The normalized spacial score (nSPS) is 23.5. The van der Waals surface area contributed by atoms with E-state index in [1.54, 1.807) is 13.1 Å². The molecule has 0 saturated heterocycles. The zero-order valence-electron chi connectivity index (χ0n) is 11.7. The number of hydrogen-bond donors (Lipinski definition) is 0. The van der Waals surface area contributed by atoms with Crippen LogP contribution in [0.1, 0.15) is 32.1 Å². The minimum atomic E-state index is -3.43. The number of nitrogens with zero attached hydrogens (tertiary/aromatic N) is 1. The molecular formula is C13H23NO4S. The molecule has 0 aromatic rings. The lowest BCUT2D eigenvalue weighted by molar-refractivity contribution is -0.145. The first kappa shape index (κ1) is 16.2. The van der Waals surface area contributed by atoms with Gasteiger partial charge in [0.15, 0.2) is 0 Å². The topological polar surface area (TPSA) is 63.7 Å². The summed E-state index contributed by atoms with van der Waals surface area (Å²) in [6.07, 6.45) is 5.18. The summed E-state index contributed by atoms with van der Waals surface area (Å²) in [4.78, 5) is 11.6. The molecule has 0 heterocycles. The van der Waals surface area contributed by atoms with Gasteiger partial charge in [0.05, 0.1) is 18.3 Å². The second-order valence-corrected chi connectivity index (χ2v) is 7.16. The van der Waals surface area contributed by atoms with Crippen molar-refractivity contribution in [1.29, 1.82) is 0 Å². The highest BCUT2D eigenvalue weighted by Crippen LogP contribution is 2.33. The molecule has 0 aromatic carbocycles. The van der Waals surface area contributed by atoms with E-state index in [-0.39, 0.29) is 0 Å². The van der Waals surface area contributed by atoms with Crippen LogP contribution in [0.5, 0.6) is 0 Å². The third-order valence-corrected chi connectivity index (χ3v) is 6.04. The third kappa shape index (κ3) is 3.79. The fraction of sp³-hybridized carbons (Fsp3) is 0.769. The Bertz CT molecular complexity index is 418. The quantitative estimate of drug-likeness (QED) is 0.405. The van der Waals surface area contributed by atoms with Crippen molar-refractivity contribution >= 4 is 16.0 Å². The number of ether oxygens (including phenoxy) is 1. The van der Waals surface area contributed by atoms with E-state index < -0.39 is 27.2 Å². The van der Waals surface area contributed by atoms with E-state index in [9.17, 15) is 13.2 Å². The number of sulfonamides is 1. The van der Waals surface area contributed by atoms with E-state index >= 15 is 0 Å². The molecule has 0 bridgehead atoms. The molecular weight excluding hydrogens is 266 g/mol. The molecule has 1 fully saturated rings. The largest absolute Gasteiger partial charge is 0.469 e. The number of rotatable bonds is 7. The van der Waals surface area contributed by atoms with Gasteiger partial charge in [-0.05, 0) is 25.7 Å². The van der Waals surface area contributed by atoms with Gasteiger partial charge in [-0.25, -0.2) is 12.7 Å². The molecule has 0 amide bonds. The van der Waals surface area contributed by atoms with Crippen LogP contribution in [0, 0.1) is 5.92 Å². The standard InChI is InChI=1S/C13H23NO4S/c1-4-5-6-10-14(2)19(16,17)12-9-7-8-11(12)13(15)18-3/h4,11-12H,1,5-10H2,2-3H3. The summed E-state index contributed by atoms with van der Waals surface area (Å²) in [7, 11) is -0.547. The summed E-state index contributed by atoms with van der Waals surface area (Å²) in [6, 6.07) is 0. The van der Waals surface area contributed by atoms with Crippen LogP contribution in [0.3, 0.4) is 0 Å². The number of unbranched alkanes of at least 4 members (excludes halogenated alkanes) is 1. The van der Waals surface area contributed by atoms with Crippen LogP contribution in [0.15, 0.2) is 12.7 Å². The molecule has 19 heavy (non-hydrogen) atoms. The van der Waals surface area contributed by atoms with Crippen LogP contribution in [0.2, 0.25) is 0 Å². The molecule has 2 unspecified atom stereocenters. The molecule has 0 aliphatic heterocycles. The molecule has 2 atom stereocenters. The van der Waals surface area contributed by atoms with Crippen LogP contribution in [-0.4, -0.2) is 44.6 Å². The van der Waals surface area contributed by atoms with E-state index in [0.717, 1.165) is 19.3 Å². The molecule has 1 saturated carbocycles. The van der Waals surface area contributed by atoms with E-state index in [0.29, 0.717) is 19.4 Å². The second kappa shape index (κ2) is 7.05. The van der Waals surface area contributed by atoms with Crippen LogP contribution < -0.4 is 0 Å². The van der Waals surface area contributed by atoms with Gasteiger partial charge in [-0.3, -0.25) is 4.79 Å². The van der Waals surface area contributed by atoms with Gasteiger partial charge in [0.25, 0.3) is 0 Å². The molecule has 1 aliphatic rings. The molecule has 0 radical (unpaired) electrons. The van der Waals surface area contributed by atoms with Gasteiger partial charge >= 0.3 is 5.97 Å². The Morgan fingerprint density at radius 3 is 2.74 bits per heavy atom. The van der Waals surface area contributed by atoms with Crippen molar-refractivity contribution in [2.75, 3.05) is 20.7 Å². The zero-order valence-corrected chi connectivity index (χ0v) is 12.5. The predicted octanol–water partition coefficient (Wildman–Crippen LogP) is 1.56. The van der Waals surface area contributed by atoms with Crippen molar-refractivity contribution in [3.05, 3.63) is 12.7 Å². The maximum Gasteiger partial charge on any atom is 0.310 e. The Morgan fingerprint density at radius 2 is 2.16 bits per heavy atom. The average Bonchev–Trinajstić information content (AvgIpc) is 2.87. The second-order valence-electron chi connectivity index (χ2n) is 4.90. The fourth-order valence-corrected chi connectivity index (χ4v) is 4.49. The number of carbonyl (C=O) groups is 1. The third-order valence-electron chi connectivity index (χ3n) is 3.65. The molecule has 110 valence electrons. The van der Waals surface area contributed by atoms with Gasteiger partial charge in [-0.1, -0.05) is 12.5 Å². The number of methoxy groups -OCH3 is 1. The Labute approximate surface area is 115 Å². The van der Waals surface area contributed by atoms with Gasteiger partial charge in [-0.15, -0.1) is 6.58 Å². The monoisotopic (exact) mass is 289 g/mol. The van der Waals surface area contributed by atoms with E-state index in [1.165, 1.54) is 11.4 Å². The van der Waals surface area contributed by atoms with Crippen molar-refractivity contribution in [3.8, 4) is 0 Å². The summed E-state index contributed by atoms with van der Waals surface area (Å²) in [6.45, 7) is 4.07. The van der Waals surface area contributed by atoms with Crippen LogP contribution >= 0.6 is 0 Å². The zero-order chi connectivity index (χ0) is 14.5. The van der Waals surface area contributed by atoms with Gasteiger partial charge in [0.2, 0.25) is 10.0 Å². The molecule has 0 aromatic heterocycles. The lowest BCUT2D eigenvalue weighted by atomic mass is 10.1. The van der Waals surface area contributed by atoms with Gasteiger partial charge in [0.1, 0.15) is 0 Å². The Balaban J connectivity index is 2.75. The molecule has 1 rings (SSSR count). The van der Waals surface area contributed by atoms with Crippen molar-refractivity contribution in [2.45, 2.75) is 37.4 Å². The van der Waals surface area contributed by atoms with E-state index in [2.05, 4.69) is 6.58 Å². The average molecular weight is 289 g/mol. The molecule has 6 heteroatoms. The van der Waals surface area contributed by atoms with Gasteiger partial charge < -0.3 is 4.74 Å².